The van der Waals surface area contributed by atoms with Gasteiger partial charge in [-0.2, -0.15) is 0 Å². The zero-order valence-electron chi connectivity index (χ0n) is 23.4. The van der Waals surface area contributed by atoms with Crippen molar-refractivity contribution in [3.8, 4) is 0 Å². The summed E-state index contributed by atoms with van der Waals surface area (Å²) in [5.74, 6) is 1.07. The van der Waals surface area contributed by atoms with Crippen molar-refractivity contribution < 1.29 is 14.9 Å². The molecule has 0 spiro atoms. The van der Waals surface area contributed by atoms with Gasteiger partial charge in [-0.25, -0.2) is 0 Å². The van der Waals surface area contributed by atoms with E-state index >= 15 is 0 Å². The third kappa shape index (κ3) is 2.99. The molecular weight excluding hydrogens is 420 g/mol. The summed E-state index contributed by atoms with van der Waals surface area (Å²) in [5.41, 5.74) is 4.41. The largest absolute Gasteiger partial charge is 0.396 e. The molecule has 0 amide bonds. The normalized spacial score (nSPS) is 54.5. The molecule has 0 heterocycles. The highest BCUT2D eigenvalue weighted by atomic mass is 16.5. The lowest BCUT2D eigenvalue weighted by Gasteiger charge is -2.71. The van der Waals surface area contributed by atoms with E-state index in [4.69, 9.17) is 4.74 Å². The molecule has 3 heteroatoms. The predicted octanol–water partition coefficient (Wildman–Crippen LogP) is 6.91. The van der Waals surface area contributed by atoms with Crippen LogP contribution in [0.1, 0.15) is 113 Å². The molecule has 0 aromatic rings. The van der Waals surface area contributed by atoms with Crippen LogP contribution in [0.25, 0.3) is 0 Å². The van der Waals surface area contributed by atoms with Gasteiger partial charge in [0.2, 0.25) is 0 Å². The first-order valence-electron chi connectivity index (χ1n) is 14.3. The van der Waals surface area contributed by atoms with Gasteiger partial charge in [0, 0.05) is 17.9 Å². The molecule has 5 aliphatic carbocycles. The van der Waals surface area contributed by atoms with E-state index in [2.05, 4.69) is 48.5 Å². The Balaban J connectivity index is 1.60. The molecule has 0 aliphatic heterocycles. The minimum absolute atomic E-state index is 0.107. The number of hydrogen-bond acceptors (Lipinski definition) is 3. The van der Waals surface area contributed by atoms with Gasteiger partial charge >= 0.3 is 0 Å². The fourth-order valence-electron chi connectivity index (χ4n) is 11.0. The molecule has 3 nitrogen and oxygen atoms in total. The second-order valence-electron chi connectivity index (χ2n) is 15.3. The van der Waals surface area contributed by atoms with Crippen LogP contribution < -0.4 is 0 Å². The molecule has 5 rings (SSSR count). The summed E-state index contributed by atoms with van der Waals surface area (Å²) >= 11 is 0. The molecule has 0 bridgehead atoms. The summed E-state index contributed by atoms with van der Waals surface area (Å²) in [6.07, 6.45) is 11.7. The molecule has 0 saturated heterocycles. The van der Waals surface area contributed by atoms with E-state index in [9.17, 15) is 10.2 Å². The summed E-state index contributed by atoms with van der Waals surface area (Å²) in [6.45, 7) is 17.5. The van der Waals surface area contributed by atoms with Crippen LogP contribution in [0.4, 0.5) is 0 Å². The third-order valence-electron chi connectivity index (χ3n) is 13.4. The number of rotatable bonds is 2. The first kappa shape index (κ1) is 25.3. The zero-order valence-corrected chi connectivity index (χ0v) is 23.4. The average Bonchev–Trinajstić information content (AvgIpc) is 2.77. The summed E-state index contributed by atoms with van der Waals surface area (Å²) < 4.78 is 6.19. The van der Waals surface area contributed by atoms with Crippen molar-refractivity contribution >= 4 is 0 Å². The molecular formula is C31H52O3. The first-order chi connectivity index (χ1) is 15.7. The van der Waals surface area contributed by atoms with E-state index in [1.54, 1.807) is 11.1 Å². The molecule has 4 saturated carbocycles. The van der Waals surface area contributed by atoms with Crippen LogP contribution in [0.15, 0.2) is 11.1 Å². The van der Waals surface area contributed by atoms with Gasteiger partial charge in [-0.05, 0) is 97.7 Å². The van der Waals surface area contributed by atoms with Crippen molar-refractivity contribution in [2.75, 3.05) is 13.7 Å². The molecule has 194 valence electrons. The molecule has 9 atom stereocenters. The van der Waals surface area contributed by atoms with E-state index in [0.717, 1.165) is 25.7 Å². The van der Waals surface area contributed by atoms with Gasteiger partial charge in [0.15, 0.2) is 0 Å². The Hall–Kier alpha value is -0.380. The van der Waals surface area contributed by atoms with Crippen molar-refractivity contribution in [1.82, 2.24) is 0 Å². The highest BCUT2D eigenvalue weighted by molar-refractivity contribution is 5.39. The maximum Gasteiger partial charge on any atom is 0.0667 e. The zero-order chi connectivity index (χ0) is 24.9. The number of hydrogen-bond donors (Lipinski definition) is 2. The number of aliphatic hydroxyl groups excluding tert-OH is 2. The third-order valence-corrected chi connectivity index (χ3v) is 13.4. The predicted molar refractivity (Wildman–Crippen MR) is 138 cm³/mol. The van der Waals surface area contributed by atoms with Crippen LogP contribution >= 0.6 is 0 Å². The molecule has 5 aliphatic rings. The Morgan fingerprint density at radius 1 is 0.853 bits per heavy atom. The number of allylic oxidation sites excluding steroid dienone is 1. The maximum atomic E-state index is 11.0. The van der Waals surface area contributed by atoms with E-state index in [0.29, 0.717) is 23.4 Å². The quantitative estimate of drug-likeness (QED) is 0.429. The standard InChI is InChI=1S/C31H52O3/c1-26(2)17-21-20-9-10-23-28(4)13-12-24(33)29(5,19-32)22(28)11-14-31(23,7)30(20,6)16-15-27(21,3)25(18-26)34-8/h22-25,32-33H,9-19H2,1-8H3/t22-,23-,24+,25-,27-,28+,29-,30-,31-/m1/s1. The first-order valence-corrected chi connectivity index (χ1v) is 14.3. The minimum atomic E-state index is -0.373. The number of fused-ring (bicyclic) bond motifs is 6. The van der Waals surface area contributed by atoms with Crippen LogP contribution in [0.2, 0.25) is 0 Å². The fourth-order valence-corrected chi connectivity index (χ4v) is 11.0. The van der Waals surface area contributed by atoms with Gasteiger partial charge in [0.1, 0.15) is 0 Å². The lowest BCUT2D eigenvalue weighted by molar-refractivity contribution is -0.217. The van der Waals surface area contributed by atoms with Gasteiger partial charge in [-0.3, -0.25) is 0 Å². The van der Waals surface area contributed by atoms with Crippen molar-refractivity contribution in [3.63, 3.8) is 0 Å². The Morgan fingerprint density at radius 3 is 2.21 bits per heavy atom. The fraction of sp³-hybridized carbons (Fsp3) is 0.935. The molecule has 4 fully saturated rings. The van der Waals surface area contributed by atoms with Crippen molar-refractivity contribution in [2.24, 2.45) is 44.3 Å². The van der Waals surface area contributed by atoms with Crippen LogP contribution in [-0.2, 0) is 4.74 Å². The summed E-state index contributed by atoms with van der Waals surface area (Å²) in [5, 5.41) is 21.4. The second-order valence-corrected chi connectivity index (χ2v) is 15.3. The molecule has 34 heavy (non-hydrogen) atoms. The maximum absolute atomic E-state index is 11.0. The number of aliphatic hydroxyl groups is 2. The van der Waals surface area contributed by atoms with Gasteiger partial charge < -0.3 is 14.9 Å². The van der Waals surface area contributed by atoms with E-state index in [-0.39, 0.29) is 39.8 Å². The lowest BCUT2D eigenvalue weighted by Crippen LogP contribution is -2.65. The number of ether oxygens (including phenoxy) is 1. The Labute approximate surface area is 209 Å². The summed E-state index contributed by atoms with van der Waals surface area (Å²) in [4.78, 5) is 0. The highest BCUT2D eigenvalue weighted by Gasteiger charge is 2.68. The van der Waals surface area contributed by atoms with Gasteiger partial charge in [0.05, 0.1) is 18.8 Å². The minimum Gasteiger partial charge on any atom is -0.396 e. The van der Waals surface area contributed by atoms with Crippen LogP contribution in [0.5, 0.6) is 0 Å². The Morgan fingerprint density at radius 2 is 1.56 bits per heavy atom. The molecule has 2 N–H and O–H groups in total. The van der Waals surface area contributed by atoms with Crippen molar-refractivity contribution in [2.45, 2.75) is 125 Å². The van der Waals surface area contributed by atoms with Crippen LogP contribution in [0.3, 0.4) is 0 Å². The van der Waals surface area contributed by atoms with Crippen LogP contribution in [-0.4, -0.2) is 36.1 Å². The highest BCUT2D eigenvalue weighted by Crippen LogP contribution is 2.75. The Bertz CT molecular complexity index is 876. The van der Waals surface area contributed by atoms with Gasteiger partial charge in [0.25, 0.3) is 0 Å². The van der Waals surface area contributed by atoms with Gasteiger partial charge in [-0.15, -0.1) is 0 Å². The van der Waals surface area contributed by atoms with Crippen molar-refractivity contribution in [3.05, 3.63) is 11.1 Å². The van der Waals surface area contributed by atoms with E-state index in [1.165, 1.54) is 38.5 Å². The van der Waals surface area contributed by atoms with Gasteiger partial charge in [-0.1, -0.05) is 59.6 Å². The second kappa shape index (κ2) is 7.57. The Kier molecular flexibility index (Phi) is 5.63. The molecule has 0 unspecified atom stereocenters. The SMILES string of the molecule is CO[C@@H]1CC(C)(C)CC2=C3CC[C@@H]4[C@@]5(C)CC[C@H](O)[C@](C)(CO)[C@@H]5CC[C@@]4(C)[C@]3(C)CC[C@]21C. The van der Waals surface area contributed by atoms with E-state index < -0.39 is 0 Å². The van der Waals surface area contributed by atoms with Crippen LogP contribution in [0, 0.1) is 44.3 Å². The summed E-state index contributed by atoms with van der Waals surface area (Å²) in [6, 6.07) is 0. The summed E-state index contributed by atoms with van der Waals surface area (Å²) in [7, 11) is 1.93. The monoisotopic (exact) mass is 472 g/mol. The van der Waals surface area contributed by atoms with Crippen molar-refractivity contribution in [1.29, 1.82) is 0 Å². The lowest BCUT2D eigenvalue weighted by atomic mass is 9.34. The molecule has 0 aromatic carbocycles. The smallest absolute Gasteiger partial charge is 0.0667 e. The molecule has 0 radical (unpaired) electrons. The molecule has 0 aromatic heterocycles. The average molecular weight is 473 g/mol. The van der Waals surface area contributed by atoms with E-state index in [1.807, 2.05) is 7.11 Å². The number of methoxy groups -OCH3 is 1. The topological polar surface area (TPSA) is 49.7 Å².